The molecule has 13 heavy (non-hydrogen) atoms. The third-order valence-electron chi connectivity index (χ3n) is 2.01. The summed E-state index contributed by atoms with van der Waals surface area (Å²) in [5, 5.41) is 1.03. The van der Waals surface area contributed by atoms with E-state index in [2.05, 4.69) is 6.07 Å². The van der Waals surface area contributed by atoms with Crippen molar-refractivity contribution in [1.82, 2.24) is 4.73 Å². The third kappa shape index (κ3) is 1.13. The fourth-order valence-corrected chi connectivity index (χ4v) is 1.38. The molecule has 0 aliphatic carbocycles. The van der Waals surface area contributed by atoms with Crippen molar-refractivity contribution in [3.63, 3.8) is 0 Å². The first kappa shape index (κ1) is 7.98. The van der Waals surface area contributed by atoms with Crippen molar-refractivity contribution >= 4 is 10.9 Å². The van der Waals surface area contributed by atoms with E-state index in [1.807, 2.05) is 24.4 Å². The lowest BCUT2D eigenvalue weighted by atomic mass is 10.2. The fourth-order valence-electron chi connectivity index (χ4n) is 1.38. The molecular formula is C10H10NO2. The summed E-state index contributed by atoms with van der Waals surface area (Å²) in [6, 6.07) is 8.61. The lowest BCUT2D eigenvalue weighted by Gasteiger charge is -2.03. The summed E-state index contributed by atoms with van der Waals surface area (Å²) >= 11 is 0. The second-order valence-corrected chi connectivity index (χ2v) is 2.65. The van der Waals surface area contributed by atoms with Gasteiger partial charge in [0, 0.05) is 11.6 Å². The van der Waals surface area contributed by atoms with Crippen molar-refractivity contribution in [2.45, 2.75) is 0 Å². The van der Waals surface area contributed by atoms with Gasteiger partial charge in [-0.25, -0.2) is 0 Å². The van der Waals surface area contributed by atoms with Crippen LogP contribution in [0.1, 0.15) is 0 Å². The minimum Gasteiger partial charge on any atom is -0.496 e. The molecule has 2 aromatic rings. The summed E-state index contributed by atoms with van der Waals surface area (Å²) < 4.78 is 6.86. The zero-order valence-corrected chi connectivity index (χ0v) is 7.57. The first-order valence-electron chi connectivity index (χ1n) is 3.96. The molecule has 3 heteroatoms. The summed E-state index contributed by atoms with van der Waals surface area (Å²) in [6.45, 7) is 0. The summed E-state index contributed by atoms with van der Waals surface area (Å²) in [7, 11) is 3.27. The zero-order valence-electron chi connectivity index (χ0n) is 7.57. The Bertz CT molecular complexity index is 420. The Morgan fingerprint density at radius 3 is 2.85 bits per heavy atom. The molecule has 1 aromatic heterocycles. The number of benzene rings is 1. The van der Waals surface area contributed by atoms with E-state index >= 15 is 0 Å². The summed E-state index contributed by atoms with van der Waals surface area (Å²) in [6.07, 6.45) is 1.85. The number of fused-ring (bicyclic) bond motifs is 1. The summed E-state index contributed by atoms with van der Waals surface area (Å²) in [5.41, 5.74) is 0.960. The number of ether oxygens (including phenoxy) is 1. The Hall–Kier alpha value is -1.64. The molecule has 0 fully saturated rings. The molecule has 1 aromatic carbocycles. The maximum absolute atomic E-state index is 5.19. The maximum Gasteiger partial charge on any atom is 0.128 e. The molecule has 0 saturated carbocycles. The van der Waals surface area contributed by atoms with E-state index in [0.717, 1.165) is 16.7 Å². The van der Waals surface area contributed by atoms with Gasteiger partial charge in [-0.3, -0.25) is 0 Å². The monoisotopic (exact) mass is 176 g/mol. The summed E-state index contributed by atoms with van der Waals surface area (Å²) in [5.74, 6) is 0.813. The quantitative estimate of drug-likeness (QED) is 0.692. The highest BCUT2D eigenvalue weighted by molar-refractivity contribution is 5.86. The van der Waals surface area contributed by atoms with Crippen molar-refractivity contribution < 1.29 is 9.57 Å². The van der Waals surface area contributed by atoms with Crippen LogP contribution in [0.25, 0.3) is 10.9 Å². The number of hydrogen-bond acceptors (Lipinski definition) is 2. The number of nitrogens with zero attached hydrogens (tertiary/aromatic N) is 1. The van der Waals surface area contributed by atoms with Gasteiger partial charge in [0.05, 0.1) is 12.6 Å². The largest absolute Gasteiger partial charge is 0.496 e. The van der Waals surface area contributed by atoms with Crippen molar-refractivity contribution in [3.8, 4) is 5.75 Å². The Balaban J connectivity index is 2.72. The molecular weight excluding hydrogens is 166 g/mol. The zero-order chi connectivity index (χ0) is 9.26. The second-order valence-electron chi connectivity index (χ2n) is 2.65. The number of rotatable bonds is 2. The van der Waals surface area contributed by atoms with Gasteiger partial charge in [-0.1, -0.05) is 0 Å². The van der Waals surface area contributed by atoms with Crippen LogP contribution in [0.2, 0.25) is 0 Å². The smallest absolute Gasteiger partial charge is 0.128 e. The van der Waals surface area contributed by atoms with Crippen LogP contribution in [-0.2, 0) is 0 Å². The SMILES string of the molecule is COc1c[c]cc2c1ccn2OC. The van der Waals surface area contributed by atoms with Crippen molar-refractivity contribution in [2.75, 3.05) is 14.2 Å². The van der Waals surface area contributed by atoms with E-state index in [1.54, 1.807) is 19.0 Å². The predicted molar refractivity (Wildman–Crippen MR) is 49.8 cm³/mol. The molecule has 1 radical (unpaired) electrons. The molecule has 0 spiro atoms. The van der Waals surface area contributed by atoms with Gasteiger partial charge in [0.15, 0.2) is 0 Å². The number of methoxy groups -OCH3 is 1. The number of aromatic nitrogens is 1. The highest BCUT2D eigenvalue weighted by Gasteiger charge is 2.04. The van der Waals surface area contributed by atoms with Crippen LogP contribution in [0.4, 0.5) is 0 Å². The van der Waals surface area contributed by atoms with E-state index < -0.39 is 0 Å². The van der Waals surface area contributed by atoms with Crippen LogP contribution < -0.4 is 9.57 Å². The van der Waals surface area contributed by atoms with Crippen LogP contribution in [0.15, 0.2) is 24.4 Å². The van der Waals surface area contributed by atoms with Crippen molar-refractivity contribution in [2.24, 2.45) is 0 Å². The standard InChI is InChI=1S/C10H10NO2/c1-12-10-5-3-4-9-8(10)6-7-11(9)13-2/h4-7H,1-2H3. The lowest BCUT2D eigenvalue weighted by molar-refractivity contribution is 0.179. The van der Waals surface area contributed by atoms with Gasteiger partial charge in [-0.15, -0.1) is 0 Å². The molecule has 0 unspecified atom stereocenters. The third-order valence-corrected chi connectivity index (χ3v) is 2.01. The second kappa shape index (κ2) is 3.01. The Morgan fingerprint density at radius 2 is 2.15 bits per heavy atom. The maximum atomic E-state index is 5.19. The Morgan fingerprint density at radius 1 is 1.31 bits per heavy atom. The topological polar surface area (TPSA) is 23.4 Å². The molecule has 0 saturated heterocycles. The van der Waals surface area contributed by atoms with E-state index in [4.69, 9.17) is 9.57 Å². The van der Waals surface area contributed by atoms with Gasteiger partial charge in [0.2, 0.25) is 0 Å². The molecule has 0 amide bonds. The van der Waals surface area contributed by atoms with Gasteiger partial charge in [0.25, 0.3) is 0 Å². The molecule has 0 bridgehead atoms. The van der Waals surface area contributed by atoms with E-state index in [1.165, 1.54) is 0 Å². The average Bonchev–Trinajstić information content (AvgIpc) is 2.60. The van der Waals surface area contributed by atoms with Crippen LogP contribution in [-0.4, -0.2) is 19.0 Å². The predicted octanol–water partition coefficient (Wildman–Crippen LogP) is 1.51. The highest BCUT2D eigenvalue weighted by Crippen LogP contribution is 2.24. The minimum atomic E-state index is 0.813. The Kier molecular flexibility index (Phi) is 1.85. The van der Waals surface area contributed by atoms with Crippen molar-refractivity contribution in [1.29, 1.82) is 0 Å². The van der Waals surface area contributed by atoms with E-state index in [9.17, 15) is 0 Å². The van der Waals surface area contributed by atoms with Gasteiger partial charge < -0.3 is 9.57 Å². The molecule has 0 atom stereocenters. The first-order chi connectivity index (χ1) is 6.36. The normalized spacial score (nSPS) is 10.3. The molecule has 0 aliphatic heterocycles. The fraction of sp³-hybridized carbons (Fsp3) is 0.200. The van der Waals surface area contributed by atoms with Crippen LogP contribution in [0, 0.1) is 6.07 Å². The van der Waals surface area contributed by atoms with E-state index in [0.29, 0.717) is 0 Å². The summed E-state index contributed by atoms with van der Waals surface area (Å²) in [4.78, 5) is 5.11. The number of hydrogen-bond donors (Lipinski definition) is 0. The molecule has 0 aliphatic rings. The lowest BCUT2D eigenvalue weighted by Crippen LogP contribution is -2.02. The molecule has 0 N–H and O–H groups in total. The molecule has 67 valence electrons. The molecule has 2 rings (SSSR count). The van der Waals surface area contributed by atoms with Gasteiger partial charge >= 0.3 is 0 Å². The first-order valence-corrected chi connectivity index (χ1v) is 3.96. The average molecular weight is 176 g/mol. The van der Waals surface area contributed by atoms with Crippen molar-refractivity contribution in [3.05, 3.63) is 30.5 Å². The van der Waals surface area contributed by atoms with Gasteiger partial charge in [-0.2, -0.15) is 4.73 Å². The molecule has 1 heterocycles. The van der Waals surface area contributed by atoms with Crippen LogP contribution in [0.3, 0.4) is 0 Å². The van der Waals surface area contributed by atoms with E-state index in [-0.39, 0.29) is 0 Å². The Labute approximate surface area is 76.4 Å². The minimum absolute atomic E-state index is 0.813. The highest BCUT2D eigenvalue weighted by atomic mass is 16.6. The van der Waals surface area contributed by atoms with Crippen LogP contribution in [0.5, 0.6) is 5.75 Å². The molecule has 3 nitrogen and oxygen atoms in total. The van der Waals surface area contributed by atoms with Gasteiger partial charge in [-0.05, 0) is 24.3 Å². The van der Waals surface area contributed by atoms with Crippen LogP contribution >= 0.6 is 0 Å². The van der Waals surface area contributed by atoms with Gasteiger partial charge in [0.1, 0.15) is 12.9 Å².